The molecule has 0 amide bonds. The molecule has 0 bridgehead atoms. The lowest BCUT2D eigenvalue weighted by atomic mass is 9.88. The molecule has 0 aromatic rings. The fourth-order valence-electron chi connectivity index (χ4n) is 0.803. The molecule has 1 unspecified atom stereocenters. The van der Waals surface area contributed by atoms with Crippen LogP contribution in [0.25, 0.3) is 0 Å². The van der Waals surface area contributed by atoms with Crippen LogP contribution in [-0.4, -0.2) is 32.0 Å². The normalized spacial score (nSPS) is 14.8. The van der Waals surface area contributed by atoms with Crippen molar-refractivity contribution in [3.05, 3.63) is 0 Å². The van der Waals surface area contributed by atoms with E-state index in [1.165, 1.54) is 0 Å². The molecule has 0 rings (SSSR count). The molecule has 0 saturated carbocycles. The van der Waals surface area contributed by atoms with Gasteiger partial charge in [0, 0.05) is 6.04 Å². The van der Waals surface area contributed by atoms with Gasteiger partial charge in [-0.05, 0) is 19.3 Å². The minimum absolute atomic E-state index is 0.0848. The second-order valence-corrected chi connectivity index (χ2v) is 4.97. The average Bonchev–Trinajstić information content (AvgIpc) is 2.01. The van der Waals surface area contributed by atoms with Crippen molar-refractivity contribution in [1.29, 1.82) is 0 Å². The molecule has 0 heterocycles. The maximum absolute atomic E-state index is 5.93. The van der Waals surface area contributed by atoms with Crippen molar-refractivity contribution < 1.29 is 9.47 Å². The fourth-order valence-corrected chi connectivity index (χ4v) is 0.803. The summed E-state index contributed by atoms with van der Waals surface area (Å²) in [6, 6.07) is 0.0848. The molecule has 14 heavy (non-hydrogen) atoms. The third-order valence-corrected chi connectivity index (χ3v) is 2.09. The van der Waals surface area contributed by atoms with Crippen molar-refractivity contribution >= 4 is 0 Å². The summed E-state index contributed by atoms with van der Waals surface area (Å²) in [5, 5.41) is 0. The van der Waals surface area contributed by atoms with Crippen LogP contribution in [0, 0.1) is 5.41 Å². The number of nitrogens with two attached hydrogens (primary N) is 1. The van der Waals surface area contributed by atoms with Crippen LogP contribution in [0.1, 0.15) is 34.6 Å². The third-order valence-electron chi connectivity index (χ3n) is 2.09. The molecule has 0 spiro atoms. The predicted octanol–water partition coefficient (Wildman–Crippen LogP) is 1.80. The van der Waals surface area contributed by atoms with Gasteiger partial charge in [-0.25, -0.2) is 0 Å². The maximum Gasteiger partial charge on any atom is 0.0703 e. The van der Waals surface area contributed by atoms with E-state index in [4.69, 9.17) is 15.2 Å². The summed E-state index contributed by atoms with van der Waals surface area (Å²) in [5.74, 6) is 0. The molecule has 0 aromatic heterocycles. The Kier molecular flexibility index (Phi) is 6.33. The quantitative estimate of drug-likeness (QED) is 0.669. The zero-order chi connectivity index (χ0) is 11.2. The lowest BCUT2D eigenvalue weighted by molar-refractivity contribution is 0.00881. The lowest BCUT2D eigenvalue weighted by Crippen LogP contribution is -2.39. The van der Waals surface area contributed by atoms with Crippen LogP contribution in [-0.2, 0) is 9.47 Å². The van der Waals surface area contributed by atoms with E-state index >= 15 is 0 Å². The van der Waals surface area contributed by atoms with E-state index in [0.717, 1.165) is 0 Å². The molecule has 0 aromatic carbocycles. The Hall–Kier alpha value is -0.120. The minimum atomic E-state index is 0.0848. The molecular formula is C11H25NO2. The van der Waals surface area contributed by atoms with E-state index < -0.39 is 0 Å². The van der Waals surface area contributed by atoms with Gasteiger partial charge in [-0.1, -0.05) is 20.8 Å². The molecule has 2 N–H and O–H groups in total. The van der Waals surface area contributed by atoms with Gasteiger partial charge < -0.3 is 15.2 Å². The van der Waals surface area contributed by atoms with Gasteiger partial charge in [0.05, 0.1) is 25.9 Å². The zero-order valence-corrected chi connectivity index (χ0v) is 10.2. The Morgan fingerprint density at radius 1 is 1.14 bits per heavy atom. The second kappa shape index (κ2) is 6.38. The van der Waals surface area contributed by atoms with Gasteiger partial charge in [-0.15, -0.1) is 0 Å². The van der Waals surface area contributed by atoms with Crippen LogP contribution < -0.4 is 5.73 Å². The SMILES string of the molecule is CC(C)OCCOCC(N)C(C)(C)C. The Morgan fingerprint density at radius 3 is 2.14 bits per heavy atom. The van der Waals surface area contributed by atoms with Gasteiger partial charge in [0.2, 0.25) is 0 Å². The molecule has 1 atom stereocenters. The molecule has 0 aliphatic heterocycles. The van der Waals surface area contributed by atoms with Gasteiger partial charge in [-0.2, -0.15) is 0 Å². The largest absolute Gasteiger partial charge is 0.377 e. The van der Waals surface area contributed by atoms with Crippen molar-refractivity contribution in [1.82, 2.24) is 0 Å². The van der Waals surface area contributed by atoms with E-state index in [1.54, 1.807) is 0 Å². The summed E-state index contributed by atoms with van der Waals surface area (Å²) in [5.41, 5.74) is 6.04. The highest BCUT2D eigenvalue weighted by Crippen LogP contribution is 2.17. The van der Waals surface area contributed by atoms with Gasteiger partial charge in [0.15, 0.2) is 0 Å². The summed E-state index contributed by atoms with van der Waals surface area (Å²) in [6.07, 6.45) is 0.273. The fraction of sp³-hybridized carbons (Fsp3) is 1.00. The molecular weight excluding hydrogens is 178 g/mol. The highest BCUT2D eigenvalue weighted by molar-refractivity contribution is 4.76. The average molecular weight is 203 g/mol. The van der Waals surface area contributed by atoms with Gasteiger partial charge in [-0.3, -0.25) is 0 Å². The summed E-state index contributed by atoms with van der Waals surface area (Å²) in [7, 11) is 0. The summed E-state index contributed by atoms with van der Waals surface area (Å²) in [4.78, 5) is 0. The Labute approximate surface area is 88.0 Å². The van der Waals surface area contributed by atoms with Crippen LogP contribution in [0.4, 0.5) is 0 Å². The zero-order valence-electron chi connectivity index (χ0n) is 10.2. The highest BCUT2D eigenvalue weighted by Gasteiger charge is 2.20. The van der Waals surface area contributed by atoms with Crippen LogP contribution in [0.5, 0.6) is 0 Å². The first-order valence-electron chi connectivity index (χ1n) is 5.29. The van der Waals surface area contributed by atoms with Gasteiger partial charge >= 0.3 is 0 Å². The summed E-state index contributed by atoms with van der Waals surface area (Å²) < 4.78 is 10.8. The molecule has 0 aliphatic carbocycles. The Morgan fingerprint density at radius 2 is 1.71 bits per heavy atom. The smallest absolute Gasteiger partial charge is 0.0703 e. The van der Waals surface area contributed by atoms with Crippen molar-refractivity contribution in [2.75, 3.05) is 19.8 Å². The first kappa shape index (κ1) is 13.9. The Bertz CT molecular complexity index is 141. The van der Waals surface area contributed by atoms with Crippen LogP contribution in [0.15, 0.2) is 0 Å². The van der Waals surface area contributed by atoms with E-state index in [2.05, 4.69) is 20.8 Å². The van der Waals surface area contributed by atoms with E-state index in [-0.39, 0.29) is 17.6 Å². The van der Waals surface area contributed by atoms with E-state index in [0.29, 0.717) is 19.8 Å². The molecule has 3 nitrogen and oxygen atoms in total. The summed E-state index contributed by atoms with van der Waals surface area (Å²) in [6.45, 7) is 12.3. The number of rotatable bonds is 6. The first-order chi connectivity index (χ1) is 6.34. The monoisotopic (exact) mass is 203 g/mol. The van der Waals surface area contributed by atoms with E-state index in [9.17, 15) is 0 Å². The topological polar surface area (TPSA) is 44.5 Å². The molecule has 0 aliphatic rings. The molecule has 0 radical (unpaired) electrons. The Balaban J connectivity index is 3.37. The summed E-state index contributed by atoms with van der Waals surface area (Å²) >= 11 is 0. The van der Waals surface area contributed by atoms with Crippen molar-refractivity contribution in [2.24, 2.45) is 11.1 Å². The van der Waals surface area contributed by atoms with Gasteiger partial charge in [0.1, 0.15) is 0 Å². The molecule has 0 fully saturated rings. The number of ether oxygens (including phenoxy) is 2. The molecule has 0 saturated heterocycles. The van der Waals surface area contributed by atoms with Crippen molar-refractivity contribution in [3.8, 4) is 0 Å². The second-order valence-electron chi connectivity index (χ2n) is 4.97. The van der Waals surface area contributed by atoms with Crippen LogP contribution in [0.3, 0.4) is 0 Å². The predicted molar refractivity (Wildman–Crippen MR) is 59.3 cm³/mol. The first-order valence-corrected chi connectivity index (χ1v) is 5.29. The standard InChI is InChI=1S/C11H25NO2/c1-9(2)14-7-6-13-8-10(12)11(3,4)5/h9-10H,6-8,12H2,1-5H3. The van der Waals surface area contributed by atoms with Crippen LogP contribution >= 0.6 is 0 Å². The number of hydrogen-bond acceptors (Lipinski definition) is 3. The minimum Gasteiger partial charge on any atom is -0.377 e. The van der Waals surface area contributed by atoms with Gasteiger partial charge in [0.25, 0.3) is 0 Å². The highest BCUT2D eigenvalue weighted by atomic mass is 16.5. The number of hydrogen-bond donors (Lipinski definition) is 1. The molecule has 3 heteroatoms. The maximum atomic E-state index is 5.93. The lowest BCUT2D eigenvalue weighted by Gasteiger charge is -2.26. The van der Waals surface area contributed by atoms with Crippen LogP contribution in [0.2, 0.25) is 0 Å². The van der Waals surface area contributed by atoms with Crippen molar-refractivity contribution in [2.45, 2.75) is 46.8 Å². The molecule has 86 valence electrons. The third kappa shape index (κ3) is 7.30. The van der Waals surface area contributed by atoms with Crippen molar-refractivity contribution in [3.63, 3.8) is 0 Å². The van der Waals surface area contributed by atoms with E-state index in [1.807, 2.05) is 13.8 Å².